The van der Waals surface area contributed by atoms with Crippen LogP contribution in [-0.4, -0.2) is 33.3 Å². The van der Waals surface area contributed by atoms with Crippen molar-refractivity contribution < 1.29 is 17.6 Å². The number of allylic oxidation sites excluding steroid dienone is 1. The molecule has 36 heavy (non-hydrogen) atoms. The second-order valence-corrected chi connectivity index (χ2v) is 8.17. The van der Waals surface area contributed by atoms with Crippen molar-refractivity contribution in [1.29, 1.82) is 5.41 Å². The van der Waals surface area contributed by atoms with E-state index in [0.29, 0.717) is 27.7 Å². The van der Waals surface area contributed by atoms with E-state index in [0.717, 1.165) is 18.7 Å². The number of amidine groups is 1. The molecule has 0 radical (unpaired) electrons. The molecule has 6 N–H and O–H groups in total. The van der Waals surface area contributed by atoms with Gasteiger partial charge in [-0.25, -0.2) is 19.4 Å². The zero-order chi connectivity index (χ0) is 26.5. The van der Waals surface area contributed by atoms with Crippen LogP contribution in [0.5, 0.6) is 0 Å². The molecule has 0 aliphatic carbocycles. The van der Waals surface area contributed by atoms with Gasteiger partial charge in [0.2, 0.25) is 5.82 Å². The molecule has 8 nitrogen and oxygen atoms in total. The predicted molar refractivity (Wildman–Crippen MR) is 134 cm³/mol. The third-order valence-electron chi connectivity index (χ3n) is 5.18. The van der Waals surface area contributed by atoms with Crippen LogP contribution in [0.4, 0.5) is 23.2 Å². The van der Waals surface area contributed by atoms with Gasteiger partial charge in [-0.2, -0.15) is 13.2 Å². The Morgan fingerprint density at radius 2 is 1.92 bits per heavy atom. The quantitative estimate of drug-likeness (QED) is 0.164. The number of nitrogens with zero attached hydrogens (tertiary/aromatic N) is 4. The van der Waals surface area contributed by atoms with Gasteiger partial charge in [-0.1, -0.05) is 19.1 Å². The van der Waals surface area contributed by atoms with Crippen LogP contribution in [0, 0.1) is 11.2 Å². The van der Waals surface area contributed by atoms with Gasteiger partial charge in [0, 0.05) is 45.8 Å². The lowest BCUT2D eigenvalue weighted by Gasteiger charge is -2.15. The first-order chi connectivity index (χ1) is 17.1. The maximum Gasteiger partial charge on any atom is 0.451 e. The molecule has 0 amide bonds. The summed E-state index contributed by atoms with van der Waals surface area (Å²) in [6.45, 7) is 1.88. The summed E-state index contributed by atoms with van der Waals surface area (Å²) in [7, 11) is 0. The van der Waals surface area contributed by atoms with Gasteiger partial charge in [0.05, 0.1) is 11.4 Å². The zero-order valence-electron chi connectivity index (χ0n) is 18.8. The molecule has 0 spiro atoms. The molecule has 1 aromatic carbocycles. The topological polar surface area (TPSA) is 142 Å². The Labute approximate surface area is 211 Å². The minimum atomic E-state index is -4.70. The van der Waals surface area contributed by atoms with E-state index < -0.39 is 23.7 Å². The second-order valence-electron chi connectivity index (χ2n) is 7.38. The highest BCUT2D eigenvalue weighted by Crippen LogP contribution is 2.41. The summed E-state index contributed by atoms with van der Waals surface area (Å²) in [5.74, 6) is -2.28. The van der Waals surface area contributed by atoms with Crippen molar-refractivity contribution in [2.24, 2.45) is 21.5 Å². The average Bonchev–Trinajstić information content (AvgIpc) is 3.19. The van der Waals surface area contributed by atoms with E-state index in [4.69, 9.17) is 16.9 Å². The molecular weight excluding hydrogens is 544 g/mol. The van der Waals surface area contributed by atoms with E-state index in [9.17, 15) is 17.6 Å². The Balaban J connectivity index is 2.12. The van der Waals surface area contributed by atoms with E-state index in [1.165, 1.54) is 24.5 Å². The number of hydrogen-bond donors (Lipinski definition) is 4. The summed E-state index contributed by atoms with van der Waals surface area (Å²) >= 11 is 3.51. The number of aromatic nitrogens is 3. The number of aromatic amines is 1. The second kappa shape index (κ2) is 11.2. The van der Waals surface area contributed by atoms with Crippen LogP contribution in [0.2, 0.25) is 0 Å². The number of alkyl halides is 3. The van der Waals surface area contributed by atoms with Crippen molar-refractivity contribution in [3.63, 3.8) is 0 Å². The van der Waals surface area contributed by atoms with Gasteiger partial charge < -0.3 is 16.5 Å². The molecule has 3 aromatic rings. The minimum absolute atomic E-state index is 0.0833. The van der Waals surface area contributed by atoms with Crippen LogP contribution in [-0.2, 0) is 6.18 Å². The summed E-state index contributed by atoms with van der Waals surface area (Å²) < 4.78 is 53.3. The Kier molecular flexibility index (Phi) is 8.35. The number of para-hydroxylation sites is 1. The average molecular weight is 565 g/mol. The molecule has 0 fully saturated rings. The first kappa shape index (κ1) is 26.7. The van der Waals surface area contributed by atoms with Crippen molar-refractivity contribution in [2.75, 3.05) is 0 Å². The smallest absolute Gasteiger partial charge is 0.404 e. The fraction of sp³-hybridized carbons (Fsp3) is 0.174. The Morgan fingerprint density at radius 3 is 2.47 bits per heavy atom. The summed E-state index contributed by atoms with van der Waals surface area (Å²) in [5, 5.41) is 7.25. The molecule has 13 heteroatoms. The molecule has 2 aromatic heterocycles. The third kappa shape index (κ3) is 5.67. The highest BCUT2D eigenvalue weighted by Gasteiger charge is 2.34. The highest BCUT2D eigenvalue weighted by molar-refractivity contribution is 9.10. The molecule has 0 saturated carbocycles. The first-order valence-corrected chi connectivity index (χ1v) is 11.3. The molecule has 1 unspecified atom stereocenters. The summed E-state index contributed by atoms with van der Waals surface area (Å²) in [4.78, 5) is 18.0. The molecule has 0 saturated heterocycles. The molecule has 0 aliphatic heterocycles. The number of hydrogen-bond acceptors (Lipinski definition) is 5. The number of H-pyrrole nitrogens is 1. The van der Waals surface area contributed by atoms with Crippen molar-refractivity contribution in [3.05, 3.63) is 75.9 Å². The van der Waals surface area contributed by atoms with Crippen LogP contribution in [0.1, 0.15) is 36.5 Å². The number of nitrogens with one attached hydrogen (secondary N) is 2. The van der Waals surface area contributed by atoms with E-state index >= 15 is 0 Å². The molecular formula is C23H21BrF4N8. The van der Waals surface area contributed by atoms with E-state index in [1.807, 2.05) is 6.92 Å². The maximum absolute atomic E-state index is 14.0. The van der Waals surface area contributed by atoms with Crippen molar-refractivity contribution in [3.8, 4) is 11.1 Å². The fourth-order valence-corrected chi connectivity index (χ4v) is 4.30. The van der Waals surface area contributed by atoms with Gasteiger partial charge in [-0.05, 0) is 46.3 Å². The van der Waals surface area contributed by atoms with Gasteiger partial charge in [0.1, 0.15) is 18.0 Å². The van der Waals surface area contributed by atoms with Gasteiger partial charge in [-0.15, -0.1) is 0 Å². The SMILES string of the molecule is CCC(C(C=Nc1ccccc1F)=CN)c1[nH]c(C(N)=NC=N)c(-c2cnc(C(F)(F)F)nc2)c1Br. The first-order valence-electron chi connectivity index (χ1n) is 10.5. The highest BCUT2D eigenvalue weighted by atomic mass is 79.9. The lowest BCUT2D eigenvalue weighted by atomic mass is 9.93. The monoisotopic (exact) mass is 564 g/mol. The minimum Gasteiger partial charge on any atom is -0.404 e. The van der Waals surface area contributed by atoms with E-state index in [2.05, 4.69) is 40.9 Å². The summed E-state index contributed by atoms with van der Waals surface area (Å²) in [6, 6.07) is 6.00. The third-order valence-corrected chi connectivity index (χ3v) is 6.00. The number of nitrogens with two attached hydrogens (primary N) is 2. The number of aliphatic imine (C=N–C) groups is 2. The molecule has 188 valence electrons. The number of halogens is 5. The molecule has 0 aliphatic rings. The number of rotatable bonds is 8. The van der Waals surface area contributed by atoms with Crippen LogP contribution in [0.25, 0.3) is 11.1 Å². The van der Waals surface area contributed by atoms with Crippen molar-refractivity contribution >= 4 is 40.0 Å². The lowest BCUT2D eigenvalue weighted by Crippen LogP contribution is -2.16. The van der Waals surface area contributed by atoms with Crippen LogP contribution < -0.4 is 11.5 Å². The summed E-state index contributed by atoms with van der Waals surface area (Å²) in [5.41, 5.74) is 14.0. The fourth-order valence-electron chi connectivity index (χ4n) is 3.49. The van der Waals surface area contributed by atoms with Gasteiger partial charge in [0.15, 0.2) is 0 Å². The van der Waals surface area contributed by atoms with E-state index in [-0.39, 0.29) is 22.8 Å². The van der Waals surface area contributed by atoms with Gasteiger partial charge in [-0.3, -0.25) is 10.4 Å². The van der Waals surface area contributed by atoms with Gasteiger partial charge in [0.25, 0.3) is 0 Å². The van der Waals surface area contributed by atoms with Gasteiger partial charge >= 0.3 is 6.18 Å². The Morgan fingerprint density at radius 1 is 1.25 bits per heavy atom. The zero-order valence-corrected chi connectivity index (χ0v) is 20.4. The van der Waals surface area contributed by atoms with Crippen LogP contribution >= 0.6 is 15.9 Å². The largest absolute Gasteiger partial charge is 0.451 e. The predicted octanol–water partition coefficient (Wildman–Crippen LogP) is 5.44. The molecule has 1 atom stereocenters. The normalized spacial score (nSPS) is 13.8. The van der Waals surface area contributed by atoms with Crippen LogP contribution in [0.3, 0.4) is 0 Å². The van der Waals surface area contributed by atoms with Crippen molar-refractivity contribution in [2.45, 2.75) is 25.4 Å². The Hall–Kier alpha value is -3.87. The lowest BCUT2D eigenvalue weighted by molar-refractivity contribution is -0.144. The molecule has 2 heterocycles. The van der Waals surface area contributed by atoms with Crippen LogP contribution in [0.15, 0.2) is 62.9 Å². The molecule has 3 rings (SSSR count). The Bertz CT molecular complexity index is 1330. The maximum atomic E-state index is 14.0. The number of benzene rings is 1. The standard InChI is InChI=1S/C23H21BrF4N8/c1-2-14(12(7-29)8-32-16-6-4-3-5-15(16)25)19-18(24)17(20(36-19)21(31)35-11-30)13-9-33-22(34-10-13)23(26,27)28/h3-11,14,36H,2,29H2,1H3,(H3,30,31,35). The summed E-state index contributed by atoms with van der Waals surface area (Å²) in [6.07, 6.45) is 1.37. The molecule has 0 bridgehead atoms. The van der Waals surface area contributed by atoms with Crippen molar-refractivity contribution in [1.82, 2.24) is 15.0 Å². The van der Waals surface area contributed by atoms with E-state index in [1.54, 1.807) is 12.1 Å².